The Hall–Kier alpha value is -1.80. The fourth-order valence-corrected chi connectivity index (χ4v) is 3.26. The second-order valence-corrected chi connectivity index (χ2v) is 5.85. The van der Waals surface area contributed by atoms with Crippen LogP contribution < -0.4 is 4.90 Å². The molecular formula is C14H19FN4O3. The van der Waals surface area contributed by atoms with E-state index in [9.17, 15) is 14.5 Å². The fourth-order valence-electron chi connectivity index (χ4n) is 3.26. The first kappa shape index (κ1) is 15.1. The molecule has 0 N–H and O–H groups in total. The molecule has 0 spiro atoms. The summed E-state index contributed by atoms with van der Waals surface area (Å²) in [6, 6.07) is 1.27. The number of morpholine rings is 1. The zero-order valence-corrected chi connectivity index (χ0v) is 12.4. The highest BCUT2D eigenvalue weighted by atomic mass is 19.1. The molecule has 120 valence electrons. The number of nitrogens with zero attached hydrogens (tertiary/aromatic N) is 4. The molecule has 2 fully saturated rings. The van der Waals surface area contributed by atoms with E-state index in [4.69, 9.17) is 4.74 Å². The largest absolute Gasteiger partial charge is 0.379 e. The van der Waals surface area contributed by atoms with E-state index in [1.54, 1.807) is 0 Å². The number of ether oxygens (including phenoxy) is 1. The Kier molecular flexibility index (Phi) is 4.21. The molecule has 2 aliphatic rings. The van der Waals surface area contributed by atoms with Gasteiger partial charge in [-0.1, -0.05) is 6.92 Å². The van der Waals surface area contributed by atoms with Crippen LogP contribution in [0.15, 0.2) is 12.3 Å². The van der Waals surface area contributed by atoms with Gasteiger partial charge in [-0.25, -0.2) is 9.37 Å². The van der Waals surface area contributed by atoms with Crippen LogP contribution >= 0.6 is 0 Å². The summed E-state index contributed by atoms with van der Waals surface area (Å²) in [5.74, 6) is -0.0493. The van der Waals surface area contributed by atoms with Crippen LogP contribution in [0.5, 0.6) is 0 Å². The van der Waals surface area contributed by atoms with Gasteiger partial charge in [0.05, 0.1) is 24.2 Å². The van der Waals surface area contributed by atoms with Crippen LogP contribution in [0.2, 0.25) is 0 Å². The Labute approximate surface area is 127 Å². The highest BCUT2D eigenvalue weighted by molar-refractivity contribution is 5.46. The van der Waals surface area contributed by atoms with Crippen molar-refractivity contribution in [1.82, 2.24) is 9.88 Å². The average molecular weight is 310 g/mol. The minimum Gasteiger partial charge on any atom is -0.379 e. The van der Waals surface area contributed by atoms with Gasteiger partial charge in [-0.2, -0.15) is 0 Å². The number of nitro groups is 1. The average Bonchev–Trinajstić information content (AvgIpc) is 2.89. The lowest BCUT2D eigenvalue weighted by molar-refractivity contribution is -0.385. The maximum atomic E-state index is 14.1. The van der Waals surface area contributed by atoms with Gasteiger partial charge < -0.3 is 9.64 Å². The van der Waals surface area contributed by atoms with Crippen LogP contribution in [0.1, 0.15) is 6.92 Å². The van der Waals surface area contributed by atoms with E-state index in [0.717, 1.165) is 38.6 Å². The van der Waals surface area contributed by atoms with Crippen molar-refractivity contribution >= 4 is 11.5 Å². The predicted molar refractivity (Wildman–Crippen MR) is 78.4 cm³/mol. The van der Waals surface area contributed by atoms with Crippen molar-refractivity contribution in [2.45, 2.75) is 13.0 Å². The van der Waals surface area contributed by atoms with Gasteiger partial charge >= 0.3 is 0 Å². The summed E-state index contributed by atoms with van der Waals surface area (Å²) >= 11 is 0. The van der Waals surface area contributed by atoms with Crippen molar-refractivity contribution in [3.8, 4) is 0 Å². The Balaban J connectivity index is 1.75. The van der Waals surface area contributed by atoms with Crippen molar-refractivity contribution in [3.63, 3.8) is 0 Å². The zero-order valence-electron chi connectivity index (χ0n) is 12.4. The molecule has 0 aromatic carbocycles. The van der Waals surface area contributed by atoms with E-state index >= 15 is 0 Å². The van der Waals surface area contributed by atoms with Gasteiger partial charge in [-0.15, -0.1) is 0 Å². The number of anilines is 1. The molecule has 0 bridgehead atoms. The summed E-state index contributed by atoms with van der Waals surface area (Å²) in [5.41, 5.74) is -0.321. The number of rotatable bonds is 3. The topological polar surface area (TPSA) is 71.7 Å². The molecule has 0 aliphatic carbocycles. The quantitative estimate of drug-likeness (QED) is 0.619. The molecular weight excluding hydrogens is 291 g/mol. The Bertz CT molecular complexity index is 565. The number of halogens is 1. The highest BCUT2D eigenvalue weighted by Gasteiger charge is 2.36. The van der Waals surface area contributed by atoms with E-state index in [-0.39, 0.29) is 11.5 Å². The summed E-state index contributed by atoms with van der Waals surface area (Å²) in [6.45, 7) is 6.76. The highest BCUT2D eigenvalue weighted by Crippen LogP contribution is 2.29. The third-order valence-corrected chi connectivity index (χ3v) is 4.41. The molecule has 3 heterocycles. The summed E-state index contributed by atoms with van der Waals surface area (Å²) in [6.07, 6.45) is 1.12. The van der Waals surface area contributed by atoms with Crippen molar-refractivity contribution in [3.05, 3.63) is 28.2 Å². The van der Waals surface area contributed by atoms with E-state index < -0.39 is 10.7 Å². The van der Waals surface area contributed by atoms with Crippen molar-refractivity contribution in [1.29, 1.82) is 0 Å². The molecule has 0 saturated carbocycles. The van der Waals surface area contributed by atoms with Gasteiger partial charge in [0.1, 0.15) is 6.20 Å². The second-order valence-electron chi connectivity index (χ2n) is 5.85. The maximum absolute atomic E-state index is 14.1. The second kappa shape index (κ2) is 6.13. The van der Waals surface area contributed by atoms with Gasteiger partial charge in [0.15, 0.2) is 11.6 Å². The van der Waals surface area contributed by atoms with Gasteiger partial charge in [-0.3, -0.25) is 15.0 Å². The van der Waals surface area contributed by atoms with E-state index in [2.05, 4.69) is 16.8 Å². The first-order valence-electron chi connectivity index (χ1n) is 7.43. The van der Waals surface area contributed by atoms with Crippen molar-refractivity contribution in [2.24, 2.45) is 5.92 Å². The minimum absolute atomic E-state index is 0.202. The van der Waals surface area contributed by atoms with Crippen LogP contribution in [0.25, 0.3) is 0 Å². The monoisotopic (exact) mass is 310 g/mol. The maximum Gasteiger partial charge on any atom is 0.290 e. The lowest BCUT2D eigenvalue weighted by atomic mass is 10.0. The minimum atomic E-state index is -0.636. The number of hydrogen-bond acceptors (Lipinski definition) is 6. The lowest BCUT2D eigenvalue weighted by Crippen LogP contribution is -2.46. The molecule has 2 atom stereocenters. The molecule has 8 heteroatoms. The van der Waals surface area contributed by atoms with Crippen molar-refractivity contribution in [2.75, 3.05) is 44.3 Å². The molecule has 1 aromatic rings. The first-order chi connectivity index (χ1) is 10.6. The molecule has 0 radical (unpaired) electrons. The summed E-state index contributed by atoms with van der Waals surface area (Å²) < 4.78 is 19.5. The summed E-state index contributed by atoms with van der Waals surface area (Å²) in [4.78, 5) is 18.2. The third kappa shape index (κ3) is 2.89. The Morgan fingerprint density at radius 3 is 2.77 bits per heavy atom. The van der Waals surface area contributed by atoms with Crippen LogP contribution in [0.4, 0.5) is 15.9 Å². The Morgan fingerprint density at radius 2 is 2.14 bits per heavy atom. The number of aromatic nitrogens is 1. The van der Waals surface area contributed by atoms with E-state index in [1.807, 2.05) is 4.90 Å². The van der Waals surface area contributed by atoms with Crippen LogP contribution in [0.3, 0.4) is 0 Å². The molecule has 22 heavy (non-hydrogen) atoms. The summed E-state index contributed by atoms with van der Waals surface area (Å²) in [7, 11) is 0. The van der Waals surface area contributed by atoms with Crippen LogP contribution in [0, 0.1) is 21.8 Å². The normalized spacial score (nSPS) is 26.4. The standard InChI is InChI=1S/C14H19FN4O3/c1-10-8-18(9-13(10)17-2-4-22-5-3-17)14-12(15)6-11(7-16-14)19(20)21/h6-7,10,13H,2-5,8-9H2,1H3. The van der Waals surface area contributed by atoms with Gasteiger partial charge in [0, 0.05) is 32.2 Å². The van der Waals surface area contributed by atoms with Crippen LogP contribution in [-0.4, -0.2) is 60.2 Å². The third-order valence-electron chi connectivity index (χ3n) is 4.41. The number of hydrogen-bond donors (Lipinski definition) is 0. The zero-order chi connectivity index (χ0) is 15.7. The lowest BCUT2D eigenvalue weighted by Gasteiger charge is -2.34. The SMILES string of the molecule is CC1CN(c2ncc([N+](=O)[O-])cc2F)CC1N1CCOCC1. The molecule has 2 unspecified atom stereocenters. The summed E-state index contributed by atoms with van der Waals surface area (Å²) in [5, 5.41) is 10.7. The van der Waals surface area contributed by atoms with Crippen molar-refractivity contribution < 1.29 is 14.1 Å². The van der Waals surface area contributed by atoms with Crippen LogP contribution in [-0.2, 0) is 4.74 Å². The van der Waals surface area contributed by atoms with E-state index in [0.29, 0.717) is 25.0 Å². The first-order valence-corrected chi connectivity index (χ1v) is 7.43. The Morgan fingerprint density at radius 1 is 1.41 bits per heavy atom. The molecule has 0 amide bonds. The molecule has 2 saturated heterocycles. The number of pyridine rings is 1. The molecule has 7 nitrogen and oxygen atoms in total. The predicted octanol–water partition coefficient (Wildman–Crippen LogP) is 1.29. The van der Waals surface area contributed by atoms with Gasteiger partial charge in [-0.05, 0) is 5.92 Å². The molecule has 3 rings (SSSR count). The molecule has 2 aliphatic heterocycles. The smallest absolute Gasteiger partial charge is 0.290 e. The van der Waals surface area contributed by atoms with Gasteiger partial charge in [0.25, 0.3) is 5.69 Å². The fraction of sp³-hybridized carbons (Fsp3) is 0.643. The van der Waals surface area contributed by atoms with Gasteiger partial charge in [0.2, 0.25) is 0 Å². The van der Waals surface area contributed by atoms with E-state index in [1.165, 1.54) is 0 Å². The molecule has 1 aromatic heterocycles.